The quantitative estimate of drug-likeness (QED) is 0.193. The molecule has 0 aromatic heterocycles. The van der Waals surface area contributed by atoms with Gasteiger partial charge >= 0.3 is 6.03 Å². The normalized spacial score (nSPS) is 36.6. The van der Waals surface area contributed by atoms with Gasteiger partial charge in [0, 0.05) is 45.1 Å². The number of hydrogen-bond donors (Lipinski definition) is 3. The molecule has 268 valence electrons. The van der Waals surface area contributed by atoms with Crippen molar-refractivity contribution in [3.05, 3.63) is 83.5 Å². The van der Waals surface area contributed by atoms with Gasteiger partial charge in [-0.3, -0.25) is 4.79 Å². The third-order valence-electron chi connectivity index (χ3n) is 14.0. The summed E-state index contributed by atoms with van der Waals surface area (Å²) in [6.07, 6.45) is 11.7. The van der Waals surface area contributed by atoms with Crippen molar-refractivity contribution in [1.82, 2.24) is 10.2 Å². The molecule has 6 aliphatic carbocycles. The Morgan fingerprint density at radius 3 is 2.34 bits per heavy atom. The lowest BCUT2D eigenvalue weighted by Gasteiger charge is -2.71. The van der Waals surface area contributed by atoms with E-state index in [-0.39, 0.29) is 53.6 Å². The van der Waals surface area contributed by atoms with Crippen LogP contribution in [0.4, 0.5) is 4.79 Å². The molecule has 2 spiro atoms. The molecule has 50 heavy (non-hydrogen) atoms. The molecular formula is C42H54N2O6. The number of benzene rings is 2. The number of urea groups is 1. The molecule has 6 aliphatic rings. The minimum atomic E-state index is -1.20. The molecule has 2 amide bonds. The predicted molar refractivity (Wildman–Crippen MR) is 193 cm³/mol. The summed E-state index contributed by atoms with van der Waals surface area (Å²) in [5.74, 6) is 1.51. The van der Waals surface area contributed by atoms with Crippen LogP contribution < -0.4 is 14.8 Å². The number of nitrogens with zero attached hydrogens (tertiary/aromatic N) is 1. The van der Waals surface area contributed by atoms with Crippen LogP contribution >= 0.6 is 0 Å². The number of aliphatic hydroxyl groups excluding tert-OH is 1. The lowest BCUT2D eigenvalue weighted by molar-refractivity contribution is -0.174. The smallest absolute Gasteiger partial charge is 0.317 e. The topological polar surface area (TPSA) is 108 Å². The molecule has 0 saturated heterocycles. The number of ether oxygens (including phenoxy) is 2. The lowest BCUT2D eigenvalue weighted by atomic mass is 9.32. The second kappa shape index (κ2) is 12.3. The van der Waals surface area contributed by atoms with Crippen molar-refractivity contribution in [2.75, 3.05) is 20.8 Å². The number of methoxy groups -OCH3 is 2. The number of amides is 2. The first-order valence-corrected chi connectivity index (χ1v) is 18.5. The number of ketones is 1. The second-order valence-electron chi connectivity index (χ2n) is 16.6. The first-order chi connectivity index (χ1) is 23.8. The van der Waals surface area contributed by atoms with Gasteiger partial charge in [0.05, 0.1) is 39.0 Å². The summed E-state index contributed by atoms with van der Waals surface area (Å²) < 4.78 is 11.1. The molecule has 2 aromatic carbocycles. The molecule has 3 N–H and O–H groups in total. The minimum absolute atomic E-state index is 0.0126. The van der Waals surface area contributed by atoms with Crippen molar-refractivity contribution in [1.29, 1.82) is 0 Å². The summed E-state index contributed by atoms with van der Waals surface area (Å²) in [7, 11) is 3.22. The van der Waals surface area contributed by atoms with Crippen LogP contribution in [0.3, 0.4) is 0 Å². The molecule has 8 nitrogen and oxygen atoms in total. The maximum absolute atomic E-state index is 14.7. The minimum Gasteiger partial charge on any atom is -0.497 e. The SMILES string of the molecule is COc1ccc(CN(CC2(O)CCC3C45C=CC6(C=C4C(=O)c4ccccc4)CC(O)CCC6(C)C5CCC32C)C(=O)NC(C)C)c(OC)c1. The van der Waals surface area contributed by atoms with Crippen molar-refractivity contribution in [2.45, 2.75) is 96.9 Å². The summed E-state index contributed by atoms with van der Waals surface area (Å²) in [5, 5.41) is 27.1. The summed E-state index contributed by atoms with van der Waals surface area (Å²) in [4.78, 5) is 30.4. The summed E-state index contributed by atoms with van der Waals surface area (Å²) >= 11 is 0. The van der Waals surface area contributed by atoms with Gasteiger partial charge in [-0.15, -0.1) is 0 Å². The summed E-state index contributed by atoms with van der Waals surface area (Å²) in [6.45, 7) is 8.89. The Morgan fingerprint density at radius 2 is 1.64 bits per heavy atom. The van der Waals surface area contributed by atoms with Gasteiger partial charge in [-0.05, 0) is 88.2 Å². The monoisotopic (exact) mass is 682 g/mol. The van der Waals surface area contributed by atoms with Gasteiger partial charge in [0.15, 0.2) is 5.78 Å². The Hall–Kier alpha value is -3.62. The zero-order valence-electron chi connectivity index (χ0n) is 30.5. The van der Waals surface area contributed by atoms with Gasteiger partial charge in [0.2, 0.25) is 0 Å². The highest BCUT2D eigenvalue weighted by molar-refractivity contribution is 6.10. The second-order valence-corrected chi connectivity index (χ2v) is 16.6. The summed E-state index contributed by atoms with van der Waals surface area (Å²) in [5.41, 5.74) is -0.508. The molecule has 8 unspecified atom stereocenters. The molecule has 0 aliphatic heterocycles. The fourth-order valence-corrected chi connectivity index (χ4v) is 11.4. The molecule has 3 fully saturated rings. The number of hydrogen-bond acceptors (Lipinski definition) is 6. The zero-order valence-corrected chi connectivity index (χ0v) is 30.5. The molecule has 2 bridgehead atoms. The molecule has 8 atom stereocenters. The van der Waals surface area contributed by atoms with E-state index in [4.69, 9.17) is 9.47 Å². The van der Waals surface area contributed by atoms with Crippen LogP contribution in [0.15, 0.2) is 72.3 Å². The van der Waals surface area contributed by atoms with Crippen LogP contribution in [0, 0.1) is 33.5 Å². The van der Waals surface area contributed by atoms with Gasteiger partial charge in [0.25, 0.3) is 0 Å². The molecule has 8 heteroatoms. The first-order valence-electron chi connectivity index (χ1n) is 18.5. The third-order valence-corrected chi connectivity index (χ3v) is 14.0. The number of nitrogens with one attached hydrogen (secondary N) is 1. The predicted octanol–water partition coefficient (Wildman–Crippen LogP) is 7.10. The van der Waals surface area contributed by atoms with E-state index in [1.165, 1.54) is 0 Å². The van der Waals surface area contributed by atoms with Crippen LogP contribution in [0.25, 0.3) is 0 Å². The maximum Gasteiger partial charge on any atom is 0.317 e. The van der Waals surface area contributed by atoms with Crippen molar-refractivity contribution in [2.24, 2.45) is 33.5 Å². The van der Waals surface area contributed by atoms with Crippen LogP contribution in [-0.4, -0.2) is 65.4 Å². The van der Waals surface area contributed by atoms with Gasteiger partial charge in [-0.2, -0.15) is 0 Å². The molecule has 3 saturated carbocycles. The molecule has 8 rings (SSSR count). The van der Waals surface area contributed by atoms with E-state index in [1.807, 2.05) is 62.4 Å². The first kappa shape index (κ1) is 34.8. The highest BCUT2D eigenvalue weighted by Gasteiger charge is 2.74. The number of carbonyl (C=O) groups excluding carboxylic acids is 2. The van der Waals surface area contributed by atoms with Crippen molar-refractivity contribution >= 4 is 11.8 Å². The van der Waals surface area contributed by atoms with Gasteiger partial charge in [-0.1, -0.05) is 62.4 Å². The highest BCUT2D eigenvalue weighted by atomic mass is 16.5. The Labute approximate surface area is 296 Å². The molecule has 2 aromatic rings. The van der Waals surface area contributed by atoms with Crippen LogP contribution in [0.1, 0.15) is 88.6 Å². The fourth-order valence-electron chi connectivity index (χ4n) is 11.4. The molecular weight excluding hydrogens is 628 g/mol. The van der Waals surface area contributed by atoms with Crippen molar-refractivity contribution in [3.8, 4) is 11.5 Å². The van der Waals surface area contributed by atoms with E-state index in [9.17, 15) is 19.8 Å². The van der Waals surface area contributed by atoms with Crippen LogP contribution in [0.2, 0.25) is 0 Å². The van der Waals surface area contributed by atoms with E-state index in [0.29, 0.717) is 29.9 Å². The fraction of sp³-hybridized carbons (Fsp3) is 0.571. The van der Waals surface area contributed by atoms with E-state index in [1.54, 1.807) is 19.1 Å². The zero-order chi connectivity index (χ0) is 35.7. The Balaban J connectivity index is 1.30. The highest BCUT2D eigenvalue weighted by Crippen LogP contribution is 2.78. The third kappa shape index (κ3) is 4.99. The van der Waals surface area contributed by atoms with E-state index < -0.39 is 22.5 Å². The average molecular weight is 683 g/mol. The largest absolute Gasteiger partial charge is 0.497 e. The molecule has 0 radical (unpaired) electrons. The number of allylic oxidation sites excluding steroid dienone is 4. The van der Waals surface area contributed by atoms with E-state index in [0.717, 1.165) is 43.2 Å². The van der Waals surface area contributed by atoms with Crippen LogP contribution in [-0.2, 0) is 6.54 Å². The average Bonchev–Trinajstić information content (AvgIpc) is 3.37. The maximum atomic E-state index is 14.7. The van der Waals surface area contributed by atoms with Crippen molar-refractivity contribution < 1.29 is 29.3 Å². The number of rotatable bonds is 9. The van der Waals surface area contributed by atoms with Crippen LogP contribution in [0.5, 0.6) is 11.5 Å². The summed E-state index contributed by atoms with van der Waals surface area (Å²) in [6, 6.07) is 14.8. The number of carbonyl (C=O) groups is 2. The lowest BCUT2D eigenvalue weighted by Crippen LogP contribution is -2.67. The van der Waals surface area contributed by atoms with Gasteiger partial charge in [-0.25, -0.2) is 4.79 Å². The van der Waals surface area contributed by atoms with Crippen molar-refractivity contribution in [3.63, 3.8) is 0 Å². The van der Waals surface area contributed by atoms with E-state index in [2.05, 4.69) is 37.4 Å². The standard InChI is InChI=1S/C42H54N2O6/c1-27(2)43-37(47)44(25-29-12-13-31(49-5)22-33(29)50-6)26-41(48)19-16-35-39(41,4)18-15-34-38(3)17-14-30(45)23-40(38)20-21-42(34,35)32(24-40)36(46)28-10-8-7-9-11-28/h7-13,20-22,24,27,30,34-35,45,48H,14-19,23,25-26H2,1-6H3,(H,43,47). The number of fused-ring (bicyclic) bond motifs is 1. The Bertz CT molecular complexity index is 1720. The van der Waals surface area contributed by atoms with Gasteiger partial charge in [0.1, 0.15) is 11.5 Å². The Morgan fingerprint density at radius 1 is 0.940 bits per heavy atom. The molecule has 0 heterocycles. The van der Waals surface area contributed by atoms with Gasteiger partial charge < -0.3 is 29.9 Å². The number of Topliss-reactive ketones (excluding diaryl/α,β-unsaturated/α-hetero) is 1. The van der Waals surface area contributed by atoms with E-state index >= 15 is 0 Å². The number of aliphatic hydroxyl groups is 2. The Kier molecular flexibility index (Phi) is 8.54.